The van der Waals surface area contributed by atoms with Crippen molar-refractivity contribution in [1.82, 2.24) is 0 Å². The molecule has 4 rings (SSSR count). The van der Waals surface area contributed by atoms with Gasteiger partial charge in [-0.2, -0.15) is 0 Å². The van der Waals surface area contributed by atoms with Crippen molar-refractivity contribution in [3.8, 4) is 0 Å². The van der Waals surface area contributed by atoms with Crippen molar-refractivity contribution in [2.45, 2.75) is 146 Å². The normalized spacial score (nSPS) is 22.7. The van der Waals surface area contributed by atoms with Gasteiger partial charge < -0.3 is 19.8 Å². The molecular formula is C26H42CaO4S4. The Morgan fingerprint density at radius 3 is 0.829 bits per heavy atom. The van der Waals surface area contributed by atoms with Gasteiger partial charge in [-0.25, -0.2) is 0 Å². The first kappa shape index (κ1) is 32.8. The van der Waals surface area contributed by atoms with E-state index in [4.69, 9.17) is 0 Å². The quantitative estimate of drug-likeness (QED) is 0.254. The maximum Gasteiger partial charge on any atom is 2.00 e. The largest absolute Gasteiger partial charge is 2.00 e. The fourth-order valence-electron chi connectivity index (χ4n) is 5.54. The number of rotatable bonds is 10. The number of carboxylic acid groups (broad SMARTS) is 2. The number of carboxylic acids is 2. The van der Waals surface area contributed by atoms with Gasteiger partial charge in [0.1, 0.15) is 0 Å². The molecule has 0 atom stereocenters. The van der Waals surface area contributed by atoms with Gasteiger partial charge in [0.15, 0.2) is 0 Å². The minimum Gasteiger partial charge on any atom is -0.548 e. The van der Waals surface area contributed by atoms with Crippen LogP contribution in [0.2, 0.25) is 0 Å². The monoisotopic (exact) mass is 586 g/mol. The van der Waals surface area contributed by atoms with Crippen LogP contribution in [0.3, 0.4) is 0 Å². The van der Waals surface area contributed by atoms with Crippen LogP contribution in [0.1, 0.15) is 117 Å². The summed E-state index contributed by atoms with van der Waals surface area (Å²) >= 11 is 6.60. The third-order valence-electron chi connectivity index (χ3n) is 7.52. The number of thioether (sulfide) groups is 4. The van der Waals surface area contributed by atoms with Crippen molar-refractivity contribution in [2.75, 3.05) is 0 Å². The maximum atomic E-state index is 11.4. The molecular weight excluding hydrogens is 545 g/mol. The molecule has 0 bridgehead atoms. The van der Waals surface area contributed by atoms with E-state index in [-0.39, 0.29) is 37.7 Å². The second kappa shape index (κ2) is 16.0. The van der Waals surface area contributed by atoms with Gasteiger partial charge in [0, 0.05) is 21.0 Å². The second-order valence-electron chi connectivity index (χ2n) is 10.6. The summed E-state index contributed by atoms with van der Waals surface area (Å²) in [7, 11) is 0. The Hall–Kier alpha value is 1.60. The molecule has 0 aromatic rings. The van der Waals surface area contributed by atoms with E-state index in [1.165, 1.54) is 103 Å². The molecule has 4 aliphatic rings. The second-order valence-corrected chi connectivity index (χ2v) is 18.0. The summed E-state index contributed by atoms with van der Waals surface area (Å²) in [5.74, 6) is -1.77. The van der Waals surface area contributed by atoms with Crippen LogP contribution >= 0.6 is 47.0 Å². The van der Waals surface area contributed by atoms with Crippen molar-refractivity contribution < 1.29 is 19.8 Å². The molecule has 4 nitrogen and oxygen atoms in total. The first-order chi connectivity index (χ1) is 16.2. The molecule has 0 heterocycles. The average Bonchev–Trinajstić information content (AvgIpc) is 3.58. The smallest absolute Gasteiger partial charge is 0.548 e. The zero-order chi connectivity index (χ0) is 24.6. The molecule has 196 valence electrons. The fourth-order valence-corrected chi connectivity index (χ4v) is 12.8. The zero-order valence-electron chi connectivity index (χ0n) is 21.6. The van der Waals surface area contributed by atoms with Crippen molar-refractivity contribution in [1.29, 1.82) is 0 Å². The molecule has 0 saturated heterocycles. The van der Waals surface area contributed by atoms with E-state index in [2.05, 4.69) is 0 Å². The molecule has 35 heavy (non-hydrogen) atoms. The molecule has 0 aromatic carbocycles. The summed E-state index contributed by atoms with van der Waals surface area (Å²) < 4.78 is -1.46. The molecule has 9 heteroatoms. The van der Waals surface area contributed by atoms with Crippen LogP contribution in [0, 0.1) is 0 Å². The van der Waals surface area contributed by atoms with Crippen LogP contribution in [-0.4, -0.2) is 78.8 Å². The number of aliphatic carboxylic acids is 2. The molecule has 0 unspecified atom stereocenters. The van der Waals surface area contributed by atoms with Crippen molar-refractivity contribution in [3.05, 3.63) is 0 Å². The molecule has 4 fully saturated rings. The molecule has 0 radical (unpaired) electrons. The minimum absolute atomic E-state index is 0. The molecule has 0 spiro atoms. The number of carbonyl (C=O) groups excluding carboxylic acids is 2. The Balaban J connectivity index is 0.000000240. The molecule has 0 N–H and O–H groups in total. The van der Waals surface area contributed by atoms with Crippen LogP contribution in [0.5, 0.6) is 0 Å². The summed E-state index contributed by atoms with van der Waals surface area (Å²) in [5.41, 5.74) is 0. The summed E-state index contributed by atoms with van der Waals surface area (Å²) in [4.78, 5) is 22.9. The van der Waals surface area contributed by atoms with E-state index in [0.29, 0.717) is 21.0 Å². The number of hydrogen-bond acceptors (Lipinski definition) is 8. The third-order valence-corrected chi connectivity index (χ3v) is 14.4. The van der Waals surface area contributed by atoms with Gasteiger partial charge in [-0.15, -0.1) is 47.0 Å². The predicted molar refractivity (Wildman–Crippen MR) is 152 cm³/mol. The van der Waals surface area contributed by atoms with Crippen LogP contribution in [-0.2, 0) is 9.59 Å². The molecule has 0 aliphatic heterocycles. The van der Waals surface area contributed by atoms with E-state index >= 15 is 0 Å². The minimum atomic E-state index is -0.883. The first-order valence-corrected chi connectivity index (χ1v) is 16.9. The molecule has 0 amide bonds. The van der Waals surface area contributed by atoms with E-state index in [9.17, 15) is 19.8 Å². The maximum absolute atomic E-state index is 11.4. The van der Waals surface area contributed by atoms with E-state index in [1.54, 1.807) is 47.0 Å². The standard InChI is InChI=1S/2C13H22O2S2.Ca/c2*1-13(12(14)15,16-10-6-2-3-7-10)17-11-8-4-5-9-11;/h2*10-11H,2-9H2,1H3,(H,14,15);/q;;+2/p-2. The van der Waals surface area contributed by atoms with Gasteiger partial charge in [0.2, 0.25) is 0 Å². The molecule has 4 aliphatic carbocycles. The van der Waals surface area contributed by atoms with Gasteiger partial charge in [-0.05, 0) is 65.2 Å². The Bertz CT molecular complexity index is 564. The van der Waals surface area contributed by atoms with Crippen molar-refractivity contribution in [2.24, 2.45) is 0 Å². The molecule has 0 aromatic heterocycles. The van der Waals surface area contributed by atoms with Gasteiger partial charge >= 0.3 is 37.7 Å². The Morgan fingerprint density at radius 1 is 0.514 bits per heavy atom. The van der Waals surface area contributed by atoms with Crippen LogP contribution in [0.4, 0.5) is 0 Å². The Kier molecular flexibility index (Phi) is 15.0. The topological polar surface area (TPSA) is 80.3 Å². The third kappa shape index (κ3) is 10.6. The van der Waals surface area contributed by atoms with E-state index < -0.39 is 20.1 Å². The van der Waals surface area contributed by atoms with Gasteiger partial charge in [-0.3, -0.25) is 0 Å². The van der Waals surface area contributed by atoms with Crippen LogP contribution in [0.25, 0.3) is 0 Å². The Morgan fingerprint density at radius 2 is 0.686 bits per heavy atom. The van der Waals surface area contributed by atoms with E-state index in [0.717, 1.165) is 0 Å². The van der Waals surface area contributed by atoms with Crippen LogP contribution < -0.4 is 10.2 Å². The molecule has 4 saturated carbocycles. The first-order valence-electron chi connectivity index (χ1n) is 13.3. The number of hydrogen-bond donors (Lipinski definition) is 0. The summed E-state index contributed by atoms with van der Waals surface area (Å²) in [5, 5.41) is 25.0. The number of carbonyl (C=O) groups is 2. The SMILES string of the molecule is CC(SC1CCCC1)(SC1CCCC1)C(=O)[O-].CC(SC1CCCC1)(SC1CCCC1)C(=O)[O-].[Ca+2]. The fraction of sp³-hybridized carbons (Fsp3) is 0.923. The van der Waals surface area contributed by atoms with Crippen molar-refractivity contribution in [3.63, 3.8) is 0 Å². The van der Waals surface area contributed by atoms with Gasteiger partial charge in [-0.1, -0.05) is 51.4 Å². The zero-order valence-corrected chi connectivity index (χ0v) is 27.1. The summed E-state index contributed by atoms with van der Waals surface area (Å²) in [6.07, 6.45) is 19.5. The van der Waals surface area contributed by atoms with Gasteiger partial charge in [0.05, 0.1) is 20.1 Å². The van der Waals surface area contributed by atoms with Crippen molar-refractivity contribution >= 4 is 96.7 Å². The average molecular weight is 587 g/mol. The van der Waals surface area contributed by atoms with E-state index in [1.807, 2.05) is 13.8 Å². The Labute approximate surface area is 259 Å². The summed E-state index contributed by atoms with van der Waals surface area (Å²) in [6.45, 7) is 3.71. The predicted octanol–water partition coefficient (Wildman–Crippen LogP) is 5.23. The van der Waals surface area contributed by atoms with Gasteiger partial charge in [0.25, 0.3) is 0 Å². The van der Waals surface area contributed by atoms with Crippen LogP contribution in [0.15, 0.2) is 0 Å². The summed E-state index contributed by atoms with van der Waals surface area (Å²) in [6, 6.07) is 0.